The second-order valence-corrected chi connectivity index (χ2v) is 8.82. The molecule has 1 aromatic heterocycles. The molecule has 0 N–H and O–H groups in total. The quantitative estimate of drug-likeness (QED) is 0.673. The Morgan fingerprint density at radius 2 is 1.75 bits per heavy atom. The van der Waals surface area contributed by atoms with E-state index in [0.717, 1.165) is 24.4 Å². The summed E-state index contributed by atoms with van der Waals surface area (Å²) in [4.78, 5) is 38.7. The van der Waals surface area contributed by atoms with Crippen molar-refractivity contribution in [3.05, 3.63) is 63.0 Å². The van der Waals surface area contributed by atoms with Gasteiger partial charge in [0.2, 0.25) is 0 Å². The lowest BCUT2D eigenvalue weighted by molar-refractivity contribution is 0.0126. The molecule has 0 radical (unpaired) electrons. The molecule has 10 heteroatoms. The predicted molar refractivity (Wildman–Crippen MR) is 113 cm³/mol. The fourth-order valence-corrected chi connectivity index (χ4v) is 3.37. The van der Waals surface area contributed by atoms with Crippen molar-refractivity contribution in [1.82, 2.24) is 9.47 Å². The molecule has 2 heterocycles. The van der Waals surface area contributed by atoms with E-state index in [1.165, 1.54) is 0 Å². The molecule has 0 aliphatic carbocycles. The van der Waals surface area contributed by atoms with E-state index in [-0.39, 0.29) is 22.4 Å². The molecule has 172 valence electrons. The topological polar surface area (TPSA) is 77.8 Å². The molecular weight excluding hydrogens is 446 g/mol. The maximum absolute atomic E-state index is 13.4. The van der Waals surface area contributed by atoms with Crippen LogP contribution in [0.2, 0.25) is 5.02 Å². The largest absolute Gasteiger partial charge is 0.488 e. The summed E-state index contributed by atoms with van der Waals surface area (Å²) in [5.41, 5.74) is -1.52. The molecule has 1 aromatic carbocycles. The molecule has 7 nitrogen and oxygen atoms in total. The molecule has 1 fully saturated rings. The molecule has 1 aliphatic rings. The number of nitrogens with zero attached hydrogens (tertiary/aromatic N) is 2. The summed E-state index contributed by atoms with van der Waals surface area (Å²) in [6.07, 6.45) is 1.41. The van der Waals surface area contributed by atoms with Gasteiger partial charge in [-0.15, -0.1) is 0 Å². The van der Waals surface area contributed by atoms with Crippen LogP contribution in [0.1, 0.15) is 44.0 Å². The molecular formula is C22H23ClF2N2O5. The number of piperidine rings is 1. The van der Waals surface area contributed by atoms with E-state index >= 15 is 0 Å². The maximum atomic E-state index is 13.4. The molecule has 0 bridgehead atoms. The number of hydrogen-bond acceptors (Lipinski definition) is 5. The van der Waals surface area contributed by atoms with E-state index in [9.17, 15) is 23.2 Å². The zero-order chi connectivity index (χ0) is 23.6. The number of carbonyl (C=O) groups excluding carboxylic acids is 2. The first-order valence-electron chi connectivity index (χ1n) is 10.0. The van der Waals surface area contributed by atoms with E-state index in [4.69, 9.17) is 21.1 Å². The zero-order valence-corrected chi connectivity index (χ0v) is 18.6. The summed E-state index contributed by atoms with van der Waals surface area (Å²) in [5, 5.41) is 0.00936. The third-order valence-electron chi connectivity index (χ3n) is 4.74. The number of ether oxygens (including phenoxy) is 2. The predicted octanol–water partition coefficient (Wildman–Crippen LogP) is 4.25. The fraction of sp³-hybridized carbons (Fsp3) is 0.409. The number of pyridine rings is 1. The van der Waals surface area contributed by atoms with Crippen LogP contribution in [0.3, 0.4) is 0 Å². The number of halogens is 3. The summed E-state index contributed by atoms with van der Waals surface area (Å²) in [7, 11) is 0. The lowest BCUT2D eigenvalue weighted by atomic mass is 10.1. The Morgan fingerprint density at radius 1 is 1.09 bits per heavy atom. The first kappa shape index (κ1) is 23.7. The van der Waals surface area contributed by atoms with Crippen LogP contribution in [-0.2, 0) is 4.74 Å². The Bertz CT molecular complexity index is 1090. The van der Waals surface area contributed by atoms with Gasteiger partial charge in [0.1, 0.15) is 17.5 Å². The fourth-order valence-electron chi connectivity index (χ4n) is 3.17. The smallest absolute Gasteiger partial charge is 0.410 e. The van der Waals surface area contributed by atoms with Gasteiger partial charge in [-0.1, -0.05) is 11.6 Å². The number of benzene rings is 1. The van der Waals surface area contributed by atoms with Gasteiger partial charge < -0.3 is 14.4 Å². The second kappa shape index (κ2) is 9.28. The van der Waals surface area contributed by atoms with E-state index < -0.39 is 34.8 Å². The van der Waals surface area contributed by atoms with Gasteiger partial charge in [0.25, 0.3) is 11.5 Å². The zero-order valence-electron chi connectivity index (χ0n) is 17.9. The Labute approximate surface area is 188 Å². The van der Waals surface area contributed by atoms with Crippen molar-refractivity contribution in [3.63, 3.8) is 0 Å². The minimum atomic E-state index is -1.20. The van der Waals surface area contributed by atoms with Gasteiger partial charge in [0.15, 0.2) is 11.6 Å². The Hall–Kier alpha value is -2.94. The van der Waals surface area contributed by atoms with Gasteiger partial charge in [-0.25, -0.2) is 18.1 Å². The van der Waals surface area contributed by atoms with Crippen LogP contribution in [0.4, 0.5) is 13.6 Å². The highest BCUT2D eigenvalue weighted by atomic mass is 35.5. The number of carbonyl (C=O) groups is 2. The first-order valence-corrected chi connectivity index (χ1v) is 10.4. The average Bonchev–Trinajstić information content (AvgIpc) is 2.71. The SMILES string of the molecule is CC(C)(C)OC(=O)N1CCC(Oc2cc(=O)n(C(=O)c3ccc(F)c(F)c3)cc2Cl)CC1. The molecule has 0 spiro atoms. The van der Waals surface area contributed by atoms with Crippen LogP contribution < -0.4 is 10.3 Å². The van der Waals surface area contributed by atoms with Crippen molar-refractivity contribution in [2.75, 3.05) is 13.1 Å². The monoisotopic (exact) mass is 468 g/mol. The summed E-state index contributed by atoms with van der Waals surface area (Å²) in [6, 6.07) is 3.65. The summed E-state index contributed by atoms with van der Waals surface area (Å²) in [5.74, 6) is -3.06. The third kappa shape index (κ3) is 5.64. The van der Waals surface area contributed by atoms with Crippen molar-refractivity contribution < 1.29 is 27.8 Å². The number of amides is 1. The van der Waals surface area contributed by atoms with Gasteiger partial charge in [-0.2, -0.15) is 0 Å². The van der Waals surface area contributed by atoms with Crippen LogP contribution >= 0.6 is 11.6 Å². The average molecular weight is 469 g/mol. The van der Waals surface area contributed by atoms with Gasteiger partial charge in [-0.05, 0) is 39.0 Å². The van der Waals surface area contributed by atoms with Gasteiger partial charge in [0, 0.05) is 43.8 Å². The highest BCUT2D eigenvalue weighted by Crippen LogP contribution is 2.26. The van der Waals surface area contributed by atoms with E-state index in [1.54, 1.807) is 25.7 Å². The van der Waals surface area contributed by atoms with E-state index in [2.05, 4.69) is 0 Å². The Balaban J connectivity index is 1.67. The van der Waals surface area contributed by atoms with Gasteiger partial charge >= 0.3 is 6.09 Å². The molecule has 1 saturated heterocycles. The minimum absolute atomic E-state index is 0.00936. The number of aromatic nitrogens is 1. The van der Waals surface area contributed by atoms with Crippen molar-refractivity contribution in [1.29, 1.82) is 0 Å². The van der Waals surface area contributed by atoms with Crippen molar-refractivity contribution >= 4 is 23.6 Å². The minimum Gasteiger partial charge on any atom is -0.488 e. The molecule has 0 atom stereocenters. The van der Waals surface area contributed by atoms with Crippen molar-refractivity contribution in [2.24, 2.45) is 0 Å². The summed E-state index contributed by atoms with van der Waals surface area (Å²) in [6.45, 7) is 6.22. The molecule has 1 amide bonds. The lowest BCUT2D eigenvalue weighted by Crippen LogP contribution is -2.44. The Kier molecular flexibility index (Phi) is 6.88. The third-order valence-corrected chi connectivity index (χ3v) is 5.03. The van der Waals surface area contributed by atoms with Crippen LogP contribution in [0.25, 0.3) is 0 Å². The standard InChI is InChI=1S/C22H23ClF2N2O5/c1-22(2,3)32-21(30)26-8-6-14(7-9-26)31-18-11-19(28)27(12-15(18)23)20(29)13-4-5-16(24)17(25)10-13/h4-5,10-12,14H,6-9H2,1-3H3. The van der Waals surface area contributed by atoms with Gasteiger partial charge in [-0.3, -0.25) is 9.59 Å². The van der Waals surface area contributed by atoms with Crippen molar-refractivity contribution in [3.8, 4) is 5.75 Å². The van der Waals surface area contributed by atoms with Crippen molar-refractivity contribution in [2.45, 2.75) is 45.3 Å². The van der Waals surface area contributed by atoms with E-state index in [1.807, 2.05) is 0 Å². The maximum Gasteiger partial charge on any atom is 0.410 e. The second-order valence-electron chi connectivity index (χ2n) is 8.41. The number of likely N-dealkylation sites (tertiary alicyclic amines) is 1. The molecule has 1 aliphatic heterocycles. The van der Waals surface area contributed by atoms with Crippen LogP contribution in [0, 0.1) is 11.6 Å². The number of hydrogen-bond donors (Lipinski definition) is 0. The Morgan fingerprint density at radius 3 is 2.34 bits per heavy atom. The van der Waals surface area contributed by atoms with Crippen LogP contribution in [-0.4, -0.2) is 46.3 Å². The van der Waals surface area contributed by atoms with Crippen LogP contribution in [0.15, 0.2) is 35.3 Å². The molecule has 2 aromatic rings. The van der Waals surface area contributed by atoms with E-state index in [0.29, 0.717) is 36.6 Å². The number of rotatable bonds is 3. The normalized spacial score (nSPS) is 14.9. The highest BCUT2D eigenvalue weighted by Gasteiger charge is 2.28. The highest BCUT2D eigenvalue weighted by molar-refractivity contribution is 6.32. The summed E-state index contributed by atoms with van der Waals surface area (Å²) < 4.78 is 38.4. The van der Waals surface area contributed by atoms with Gasteiger partial charge in [0.05, 0.1) is 5.02 Å². The molecule has 0 saturated carbocycles. The molecule has 0 unspecified atom stereocenters. The molecule has 32 heavy (non-hydrogen) atoms. The lowest BCUT2D eigenvalue weighted by Gasteiger charge is -2.33. The summed E-state index contributed by atoms with van der Waals surface area (Å²) >= 11 is 6.20. The first-order chi connectivity index (χ1) is 14.9. The van der Waals surface area contributed by atoms with Crippen LogP contribution in [0.5, 0.6) is 5.75 Å². The molecule has 3 rings (SSSR count).